The van der Waals surface area contributed by atoms with Crippen molar-refractivity contribution in [2.75, 3.05) is 5.32 Å². The van der Waals surface area contributed by atoms with E-state index in [0.29, 0.717) is 5.56 Å². The van der Waals surface area contributed by atoms with E-state index >= 15 is 0 Å². The zero-order valence-electron chi connectivity index (χ0n) is 17.2. The van der Waals surface area contributed by atoms with Crippen LogP contribution in [0.15, 0.2) is 48.5 Å². The molecule has 0 saturated carbocycles. The molecule has 3 aromatic rings. The summed E-state index contributed by atoms with van der Waals surface area (Å²) >= 11 is 0. The van der Waals surface area contributed by atoms with Gasteiger partial charge in [-0.05, 0) is 44.5 Å². The van der Waals surface area contributed by atoms with Gasteiger partial charge in [-0.15, -0.1) is 0 Å². The molecule has 3 rings (SSSR count). The molecule has 0 spiro atoms. The Morgan fingerprint density at radius 3 is 2.39 bits per heavy atom. The summed E-state index contributed by atoms with van der Waals surface area (Å²) in [5.74, 6) is -1.02. The molecule has 0 aliphatic heterocycles. The maximum atomic E-state index is 13.9. The van der Waals surface area contributed by atoms with E-state index in [9.17, 15) is 23.1 Å². The van der Waals surface area contributed by atoms with Crippen LogP contribution < -0.4 is 5.32 Å². The lowest BCUT2D eigenvalue weighted by Crippen LogP contribution is -2.43. The smallest absolute Gasteiger partial charge is 0.385 e. The van der Waals surface area contributed by atoms with E-state index in [-0.39, 0.29) is 22.5 Å². The van der Waals surface area contributed by atoms with Crippen molar-refractivity contribution in [3.05, 3.63) is 59.7 Å². The van der Waals surface area contributed by atoms with Crippen LogP contribution in [0.2, 0.25) is 0 Å². The van der Waals surface area contributed by atoms with Gasteiger partial charge < -0.3 is 5.11 Å². The number of alkyl halides is 3. The molecule has 2 N–H and O–H groups in total. The van der Waals surface area contributed by atoms with Gasteiger partial charge in [0.05, 0.1) is 34.7 Å². The number of benzene rings is 2. The first kappa shape index (κ1) is 22.3. The Kier molecular flexibility index (Phi) is 5.54. The molecule has 0 unspecified atom stereocenters. The van der Waals surface area contributed by atoms with Crippen LogP contribution >= 0.6 is 0 Å². The van der Waals surface area contributed by atoms with Crippen molar-refractivity contribution >= 4 is 22.9 Å². The van der Waals surface area contributed by atoms with E-state index in [4.69, 9.17) is 5.26 Å². The highest BCUT2D eigenvalue weighted by molar-refractivity contribution is 5.92. The van der Waals surface area contributed by atoms with Crippen molar-refractivity contribution < 1.29 is 23.1 Å². The molecule has 1 amide bonds. The average Bonchev–Trinajstić information content (AvgIpc) is 3.04. The largest absolute Gasteiger partial charge is 0.411 e. The van der Waals surface area contributed by atoms with Crippen molar-refractivity contribution in [1.29, 1.82) is 5.26 Å². The van der Waals surface area contributed by atoms with E-state index in [0.717, 1.165) is 18.4 Å². The number of aromatic nitrogens is 2. The number of fused-ring (bicyclic) bond motifs is 1. The second-order valence-corrected chi connectivity index (χ2v) is 8.01. The Hall–Kier alpha value is -3.38. The monoisotopic (exact) mass is 430 g/mol. The Bertz CT molecular complexity index is 1160. The van der Waals surface area contributed by atoms with Gasteiger partial charge in [-0.2, -0.15) is 18.4 Å². The molecule has 1 atom stereocenters. The molecule has 162 valence electrons. The first-order chi connectivity index (χ1) is 14.4. The van der Waals surface area contributed by atoms with Gasteiger partial charge in [-0.25, -0.2) is 4.98 Å². The summed E-state index contributed by atoms with van der Waals surface area (Å²) < 4.78 is 42.4. The zero-order valence-corrected chi connectivity index (χ0v) is 17.2. The summed E-state index contributed by atoms with van der Waals surface area (Å²) in [6.45, 7) is 3.37. The van der Waals surface area contributed by atoms with Crippen molar-refractivity contribution in [2.45, 2.75) is 44.5 Å². The summed E-state index contributed by atoms with van der Waals surface area (Å²) in [5.41, 5.74) is -3.05. The van der Waals surface area contributed by atoms with Gasteiger partial charge >= 0.3 is 6.18 Å². The van der Waals surface area contributed by atoms with E-state index < -0.39 is 29.6 Å². The van der Waals surface area contributed by atoms with Crippen LogP contribution in [0, 0.1) is 11.3 Å². The molecule has 31 heavy (non-hydrogen) atoms. The Balaban J connectivity index is 2.03. The summed E-state index contributed by atoms with van der Waals surface area (Å²) in [4.78, 5) is 16.8. The third-order valence-electron chi connectivity index (χ3n) is 5.19. The Morgan fingerprint density at radius 1 is 1.16 bits per heavy atom. The molecule has 0 saturated heterocycles. The topological polar surface area (TPSA) is 90.9 Å². The fraction of sp³-hybridized carbons (Fsp3) is 0.318. The molecule has 0 fully saturated rings. The Labute approximate surface area is 176 Å². The van der Waals surface area contributed by atoms with Crippen LogP contribution in [0.1, 0.15) is 38.3 Å². The molecule has 1 aromatic heterocycles. The minimum absolute atomic E-state index is 0.0616. The fourth-order valence-corrected chi connectivity index (χ4v) is 3.30. The first-order valence-corrected chi connectivity index (χ1v) is 9.44. The number of amides is 1. The standard InChI is InChI=1S/C22H21F3N4O2/c1-20(2,22(23,24)25)29-17-11-14(13-26)9-10-16(17)27-19(29)28-18(30)12-21(3,31)15-7-5-4-6-8-15/h4-11,31H,12H2,1-3H3,(H,27,28,30)/t21-/m0/s1. The highest BCUT2D eigenvalue weighted by Gasteiger charge is 2.50. The van der Waals surface area contributed by atoms with Crippen molar-refractivity contribution in [3.63, 3.8) is 0 Å². The number of imidazole rings is 1. The van der Waals surface area contributed by atoms with Gasteiger partial charge in [0, 0.05) is 0 Å². The second-order valence-electron chi connectivity index (χ2n) is 8.01. The summed E-state index contributed by atoms with van der Waals surface area (Å²) in [7, 11) is 0. The summed E-state index contributed by atoms with van der Waals surface area (Å²) in [6.07, 6.45) is -5.06. The van der Waals surface area contributed by atoms with E-state index in [2.05, 4.69) is 10.3 Å². The number of nitrogens with one attached hydrogen (secondary N) is 1. The lowest BCUT2D eigenvalue weighted by molar-refractivity contribution is -0.201. The lowest BCUT2D eigenvalue weighted by Gasteiger charge is -2.31. The van der Waals surface area contributed by atoms with Gasteiger partial charge in [0.25, 0.3) is 0 Å². The Morgan fingerprint density at radius 2 is 1.81 bits per heavy atom. The number of halogens is 3. The van der Waals surface area contributed by atoms with Gasteiger partial charge in [0.2, 0.25) is 11.9 Å². The maximum absolute atomic E-state index is 13.9. The maximum Gasteiger partial charge on any atom is 0.411 e. The predicted molar refractivity (Wildman–Crippen MR) is 109 cm³/mol. The number of nitriles is 1. The van der Waals surface area contributed by atoms with Crippen LogP contribution in [0.4, 0.5) is 19.1 Å². The van der Waals surface area contributed by atoms with Crippen LogP contribution in [0.25, 0.3) is 11.0 Å². The number of nitrogens with zero attached hydrogens (tertiary/aromatic N) is 3. The number of hydrogen-bond donors (Lipinski definition) is 2. The van der Waals surface area contributed by atoms with Gasteiger partial charge in [0.1, 0.15) is 5.54 Å². The number of carbonyl (C=O) groups excluding carboxylic acids is 1. The average molecular weight is 430 g/mol. The van der Waals surface area contributed by atoms with Gasteiger partial charge in [0.15, 0.2) is 0 Å². The normalized spacial score (nSPS) is 14.1. The van der Waals surface area contributed by atoms with E-state index in [1.54, 1.807) is 30.3 Å². The molecule has 1 heterocycles. The molecule has 0 aliphatic rings. The molecule has 6 nitrogen and oxygen atoms in total. The van der Waals surface area contributed by atoms with E-state index in [1.807, 2.05) is 6.07 Å². The minimum atomic E-state index is -4.67. The molecule has 0 bridgehead atoms. The summed E-state index contributed by atoms with van der Waals surface area (Å²) in [6, 6.07) is 14.5. The number of carbonyl (C=O) groups is 1. The molecule has 0 aliphatic carbocycles. The highest BCUT2D eigenvalue weighted by Crippen LogP contribution is 2.41. The fourth-order valence-electron chi connectivity index (χ4n) is 3.30. The molecule has 2 aromatic carbocycles. The lowest BCUT2D eigenvalue weighted by atomic mass is 9.92. The highest BCUT2D eigenvalue weighted by atomic mass is 19.4. The SMILES string of the molecule is CC(C)(n1c(NC(=O)C[C@](C)(O)c2ccccc2)nc2ccc(C#N)cc21)C(F)(F)F. The van der Waals surface area contributed by atoms with Crippen molar-refractivity contribution in [1.82, 2.24) is 9.55 Å². The number of rotatable bonds is 5. The first-order valence-electron chi connectivity index (χ1n) is 9.44. The quantitative estimate of drug-likeness (QED) is 0.626. The number of aliphatic hydroxyl groups is 1. The minimum Gasteiger partial charge on any atom is -0.385 e. The van der Waals surface area contributed by atoms with Gasteiger partial charge in [-0.1, -0.05) is 30.3 Å². The third-order valence-corrected chi connectivity index (χ3v) is 5.19. The molecular weight excluding hydrogens is 409 g/mol. The number of hydrogen-bond acceptors (Lipinski definition) is 4. The van der Waals surface area contributed by atoms with Crippen LogP contribution in [0.3, 0.4) is 0 Å². The third kappa shape index (κ3) is 4.25. The van der Waals surface area contributed by atoms with Crippen molar-refractivity contribution in [2.24, 2.45) is 0 Å². The van der Waals surface area contributed by atoms with Crippen molar-refractivity contribution in [3.8, 4) is 6.07 Å². The van der Waals surface area contributed by atoms with Crippen LogP contribution in [-0.2, 0) is 15.9 Å². The number of anilines is 1. The van der Waals surface area contributed by atoms with E-state index in [1.165, 1.54) is 25.1 Å². The summed E-state index contributed by atoms with van der Waals surface area (Å²) in [5, 5.41) is 22.2. The van der Waals surface area contributed by atoms with Crippen LogP contribution in [0.5, 0.6) is 0 Å². The molecule has 0 radical (unpaired) electrons. The zero-order chi connectivity index (χ0) is 23.0. The molecule has 9 heteroatoms. The second kappa shape index (κ2) is 7.71. The predicted octanol–water partition coefficient (Wildman–Crippen LogP) is 4.44. The molecular formula is C22H21F3N4O2. The van der Waals surface area contributed by atoms with Crippen LogP contribution in [-0.4, -0.2) is 26.7 Å². The van der Waals surface area contributed by atoms with Gasteiger partial charge in [-0.3, -0.25) is 14.7 Å².